The van der Waals surface area contributed by atoms with Gasteiger partial charge in [0.25, 0.3) is 0 Å². The van der Waals surface area contributed by atoms with E-state index in [-0.39, 0.29) is 5.82 Å². The van der Waals surface area contributed by atoms with Gasteiger partial charge in [-0.2, -0.15) is 0 Å². The lowest BCUT2D eigenvalue weighted by Crippen LogP contribution is -1.92. The van der Waals surface area contributed by atoms with Gasteiger partial charge in [0.2, 0.25) is 0 Å². The van der Waals surface area contributed by atoms with Crippen molar-refractivity contribution in [1.82, 2.24) is 0 Å². The minimum atomic E-state index is -0.280. The van der Waals surface area contributed by atoms with Crippen LogP contribution in [0.3, 0.4) is 0 Å². The second-order valence-corrected chi connectivity index (χ2v) is 6.46. The summed E-state index contributed by atoms with van der Waals surface area (Å²) >= 11 is 4.69. The molecule has 0 spiro atoms. The Labute approximate surface area is 125 Å². The average Bonchev–Trinajstić information content (AvgIpc) is 2.31. The fraction of sp³-hybridized carbons (Fsp3) is 0.200. The van der Waals surface area contributed by atoms with Gasteiger partial charge < -0.3 is 5.73 Å². The Morgan fingerprint density at radius 3 is 2.37 bits per heavy atom. The highest BCUT2D eigenvalue weighted by molar-refractivity contribution is 9.10. The lowest BCUT2D eigenvalue weighted by molar-refractivity contribution is 0.618. The zero-order chi connectivity index (χ0) is 14.0. The third-order valence-electron chi connectivity index (χ3n) is 2.73. The molecule has 0 heterocycles. The summed E-state index contributed by atoms with van der Waals surface area (Å²) in [4.78, 5) is 0.778. The predicted molar refractivity (Wildman–Crippen MR) is 84.0 cm³/mol. The van der Waals surface area contributed by atoms with Gasteiger partial charge in [-0.25, -0.2) is 4.39 Å². The van der Waals surface area contributed by atoms with Crippen LogP contribution in [0.1, 0.15) is 16.7 Å². The van der Waals surface area contributed by atoms with Crippen LogP contribution in [0.2, 0.25) is 0 Å². The van der Waals surface area contributed by atoms with Crippen molar-refractivity contribution in [3.63, 3.8) is 0 Å². The molecule has 0 atom stereocenters. The van der Waals surface area contributed by atoms with Crippen LogP contribution in [0.15, 0.2) is 39.7 Å². The van der Waals surface area contributed by atoms with Gasteiger partial charge in [0.05, 0.1) is 4.47 Å². The van der Waals surface area contributed by atoms with E-state index in [0.29, 0.717) is 10.2 Å². The smallest absolute Gasteiger partial charge is 0.138 e. The third kappa shape index (κ3) is 3.74. The second-order valence-electron chi connectivity index (χ2n) is 4.59. The van der Waals surface area contributed by atoms with E-state index in [1.54, 1.807) is 17.8 Å². The van der Waals surface area contributed by atoms with Gasteiger partial charge in [0.15, 0.2) is 0 Å². The van der Waals surface area contributed by atoms with Gasteiger partial charge in [-0.1, -0.05) is 29.3 Å². The number of nitrogens with two attached hydrogens (primary N) is 1. The zero-order valence-electron chi connectivity index (χ0n) is 10.8. The van der Waals surface area contributed by atoms with Crippen LogP contribution < -0.4 is 5.73 Å². The third-order valence-corrected chi connectivity index (χ3v) is 4.48. The fourth-order valence-corrected chi connectivity index (χ4v) is 3.24. The van der Waals surface area contributed by atoms with Crippen molar-refractivity contribution in [3.8, 4) is 0 Å². The van der Waals surface area contributed by atoms with Crippen LogP contribution in [-0.2, 0) is 5.75 Å². The van der Waals surface area contributed by atoms with E-state index in [2.05, 4.69) is 48.0 Å². The minimum Gasteiger partial charge on any atom is -0.398 e. The molecule has 2 rings (SSSR count). The number of hydrogen-bond acceptors (Lipinski definition) is 2. The Morgan fingerprint density at radius 2 is 1.74 bits per heavy atom. The van der Waals surface area contributed by atoms with Gasteiger partial charge in [0.1, 0.15) is 5.82 Å². The molecule has 0 fully saturated rings. The van der Waals surface area contributed by atoms with E-state index in [0.717, 1.165) is 10.6 Å². The number of halogens is 2. The van der Waals surface area contributed by atoms with E-state index in [9.17, 15) is 4.39 Å². The van der Waals surface area contributed by atoms with Crippen molar-refractivity contribution in [2.45, 2.75) is 24.5 Å². The van der Waals surface area contributed by atoms with E-state index in [1.807, 2.05) is 0 Å². The van der Waals surface area contributed by atoms with Crippen molar-refractivity contribution in [3.05, 3.63) is 57.3 Å². The van der Waals surface area contributed by atoms with Crippen LogP contribution in [0.5, 0.6) is 0 Å². The lowest BCUT2D eigenvalue weighted by Gasteiger charge is -2.08. The highest BCUT2D eigenvalue weighted by Crippen LogP contribution is 2.32. The summed E-state index contributed by atoms with van der Waals surface area (Å²) in [6, 6.07) is 9.52. The summed E-state index contributed by atoms with van der Waals surface area (Å²) in [5.74, 6) is 0.505. The molecule has 0 aliphatic heterocycles. The number of rotatable bonds is 3. The summed E-state index contributed by atoms with van der Waals surface area (Å²) < 4.78 is 13.9. The summed E-state index contributed by atoms with van der Waals surface area (Å²) in [6.45, 7) is 4.16. The van der Waals surface area contributed by atoms with E-state index >= 15 is 0 Å². The molecule has 0 radical (unpaired) electrons. The zero-order valence-corrected chi connectivity index (χ0v) is 13.2. The molecule has 0 aromatic heterocycles. The Balaban J connectivity index is 2.16. The quantitative estimate of drug-likeness (QED) is 0.623. The predicted octanol–water partition coefficient (Wildman–Crippen LogP) is 5.08. The monoisotopic (exact) mass is 339 g/mol. The van der Waals surface area contributed by atoms with Crippen molar-refractivity contribution >= 4 is 33.4 Å². The molecule has 100 valence electrons. The molecule has 2 N–H and O–H groups in total. The SMILES string of the molecule is Cc1cc(C)cc(CSc2cc(F)c(Br)cc2N)c1. The first kappa shape index (κ1) is 14.4. The molecule has 19 heavy (non-hydrogen) atoms. The molecule has 0 aliphatic rings. The number of aryl methyl sites for hydroxylation is 2. The number of thioether (sulfide) groups is 1. The highest BCUT2D eigenvalue weighted by Gasteiger charge is 2.07. The summed E-state index contributed by atoms with van der Waals surface area (Å²) in [6.07, 6.45) is 0. The van der Waals surface area contributed by atoms with Crippen LogP contribution >= 0.6 is 27.7 Å². The standard InChI is InChI=1S/C15H15BrFNS/c1-9-3-10(2)5-11(4-9)8-19-15-7-13(17)12(16)6-14(15)18/h3-7H,8,18H2,1-2H3. The summed E-state index contributed by atoms with van der Waals surface area (Å²) in [5.41, 5.74) is 10.2. The van der Waals surface area contributed by atoms with Gasteiger partial charge in [-0.05, 0) is 47.5 Å². The average molecular weight is 340 g/mol. The molecule has 2 aromatic rings. The van der Waals surface area contributed by atoms with E-state index < -0.39 is 0 Å². The van der Waals surface area contributed by atoms with Crippen LogP contribution in [0.25, 0.3) is 0 Å². The second kappa shape index (κ2) is 5.97. The summed E-state index contributed by atoms with van der Waals surface area (Å²) in [5, 5.41) is 0. The molecule has 1 nitrogen and oxygen atoms in total. The minimum absolute atomic E-state index is 0.280. The number of nitrogen functional groups attached to an aromatic ring is 1. The van der Waals surface area contributed by atoms with Gasteiger partial charge in [0, 0.05) is 16.3 Å². The molecule has 0 aliphatic carbocycles. The van der Waals surface area contributed by atoms with Gasteiger partial charge >= 0.3 is 0 Å². The van der Waals surface area contributed by atoms with Crippen molar-refractivity contribution in [2.75, 3.05) is 5.73 Å². The van der Waals surface area contributed by atoms with Crippen molar-refractivity contribution in [1.29, 1.82) is 0 Å². The maximum absolute atomic E-state index is 13.5. The molecule has 0 unspecified atom stereocenters. The molecular formula is C15H15BrFNS. The molecular weight excluding hydrogens is 325 g/mol. The van der Waals surface area contributed by atoms with Crippen molar-refractivity contribution in [2.24, 2.45) is 0 Å². The highest BCUT2D eigenvalue weighted by atomic mass is 79.9. The maximum Gasteiger partial charge on any atom is 0.138 e. The summed E-state index contributed by atoms with van der Waals surface area (Å²) in [7, 11) is 0. The first-order valence-corrected chi connectivity index (χ1v) is 7.68. The Hall–Kier alpha value is -1.00. The molecule has 0 saturated carbocycles. The molecule has 0 bridgehead atoms. The van der Waals surface area contributed by atoms with Crippen LogP contribution in [-0.4, -0.2) is 0 Å². The van der Waals surface area contributed by atoms with Crippen LogP contribution in [0.4, 0.5) is 10.1 Å². The van der Waals surface area contributed by atoms with E-state index in [4.69, 9.17) is 5.73 Å². The van der Waals surface area contributed by atoms with Gasteiger partial charge in [-0.3, -0.25) is 0 Å². The molecule has 4 heteroatoms. The van der Waals surface area contributed by atoms with E-state index in [1.165, 1.54) is 22.8 Å². The topological polar surface area (TPSA) is 26.0 Å². The first-order chi connectivity index (χ1) is 8.95. The maximum atomic E-state index is 13.5. The number of anilines is 1. The number of hydrogen-bond donors (Lipinski definition) is 1. The normalized spacial score (nSPS) is 10.7. The van der Waals surface area contributed by atoms with Crippen molar-refractivity contribution < 1.29 is 4.39 Å². The molecule has 2 aromatic carbocycles. The lowest BCUT2D eigenvalue weighted by atomic mass is 10.1. The molecule has 0 amide bonds. The van der Waals surface area contributed by atoms with Gasteiger partial charge in [-0.15, -0.1) is 11.8 Å². The Bertz CT molecular complexity index is 593. The van der Waals surface area contributed by atoms with Crippen LogP contribution in [0, 0.1) is 19.7 Å². The fourth-order valence-electron chi connectivity index (χ4n) is 1.98. The largest absolute Gasteiger partial charge is 0.398 e. The first-order valence-electron chi connectivity index (χ1n) is 5.90. The Kier molecular flexibility index (Phi) is 4.53. The molecule has 0 saturated heterocycles. The Morgan fingerprint density at radius 1 is 1.11 bits per heavy atom. The number of benzene rings is 2.